The van der Waals surface area contributed by atoms with E-state index in [1.165, 1.54) is 19.3 Å². The average molecular weight is 144 g/mol. The SMILES string of the molecule is [CH2]C(N)OCCCCCC. The first-order valence-electron chi connectivity index (χ1n) is 3.97. The highest BCUT2D eigenvalue weighted by Gasteiger charge is 1.91. The predicted molar refractivity (Wildman–Crippen MR) is 43.4 cm³/mol. The van der Waals surface area contributed by atoms with Crippen molar-refractivity contribution < 1.29 is 4.74 Å². The summed E-state index contributed by atoms with van der Waals surface area (Å²) in [4.78, 5) is 0. The van der Waals surface area contributed by atoms with Crippen LogP contribution in [0.1, 0.15) is 32.6 Å². The molecule has 1 atom stereocenters. The number of rotatable bonds is 6. The van der Waals surface area contributed by atoms with Crippen molar-refractivity contribution >= 4 is 0 Å². The Labute approximate surface area is 63.7 Å². The molecule has 0 bridgehead atoms. The van der Waals surface area contributed by atoms with Gasteiger partial charge in [0.2, 0.25) is 0 Å². The van der Waals surface area contributed by atoms with Gasteiger partial charge in [0, 0.05) is 6.61 Å². The van der Waals surface area contributed by atoms with Gasteiger partial charge >= 0.3 is 0 Å². The molecule has 0 amide bonds. The zero-order chi connectivity index (χ0) is 7.82. The zero-order valence-corrected chi connectivity index (χ0v) is 6.81. The highest BCUT2D eigenvalue weighted by atomic mass is 16.5. The molecule has 0 rings (SSSR count). The topological polar surface area (TPSA) is 35.2 Å². The summed E-state index contributed by atoms with van der Waals surface area (Å²) in [7, 11) is 0. The van der Waals surface area contributed by atoms with Crippen molar-refractivity contribution in [3.8, 4) is 0 Å². The second kappa shape index (κ2) is 7.03. The van der Waals surface area contributed by atoms with Crippen LogP contribution in [0, 0.1) is 6.92 Å². The van der Waals surface area contributed by atoms with E-state index in [0.29, 0.717) is 0 Å². The van der Waals surface area contributed by atoms with Crippen molar-refractivity contribution in [1.29, 1.82) is 0 Å². The number of unbranched alkanes of at least 4 members (excludes halogenated alkanes) is 3. The van der Waals surface area contributed by atoms with Crippen LogP contribution in [0.5, 0.6) is 0 Å². The maximum atomic E-state index is 5.27. The molecule has 0 heterocycles. The first-order chi connectivity index (χ1) is 4.77. The molecule has 2 heteroatoms. The molecule has 0 fully saturated rings. The fraction of sp³-hybridized carbons (Fsp3) is 0.875. The van der Waals surface area contributed by atoms with Crippen LogP contribution in [0.15, 0.2) is 0 Å². The van der Waals surface area contributed by atoms with Crippen LogP contribution in [0.2, 0.25) is 0 Å². The van der Waals surface area contributed by atoms with E-state index in [-0.39, 0.29) is 6.23 Å². The van der Waals surface area contributed by atoms with Crippen LogP contribution in [0.4, 0.5) is 0 Å². The molecule has 0 aromatic heterocycles. The molecule has 0 spiro atoms. The molecule has 0 aromatic rings. The number of ether oxygens (including phenoxy) is 1. The summed E-state index contributed by atoms with van der Waals surface area (Å²) in [6, 6.07) is 0. The lowest BCUT2D eigenvalue weighted by Crippen LogP contribution is -2.19. The highest BCUT2D eigenvalue weighted by molar-refractivity contribution is 4.47. The van der Waals surface area contributed by atoms with E-state index in [1.54, 1.807) is 0 Å². The number of nitrogens with two attached hydrogens (primary N) is 1. The third-order valence-corrected chi connectivity index (χ3v) is 1.33. The summed E-state index contributed by atoms with van der Waals surface area (Å²) in [6.45, 7) is 6.45. The van der Waals surface area contributed by atoms with Crippen LogP contribution in [0.25, 0.3) is 0 Å². The third-order valence-electron chi connectivity index (χ3n) is 1.33. The third kappa shape index (κ3) is 7.92. The maximum absolute atomic E-state index is 5.27. The summed E-state index contributed by atoms with van der Waals surface area (Å²) in [6.07, 6.45) is 4.55. The van der Waals surface area contributed by atoms with Gasteiger partial charge in [0.15, 0.2) is 0 Å². The Kier molecular flexibility index (Phi) is 6.98. The predicted octanol–water partition coefficient (Wildman–Crippen LogP) is 1.70. The summed E-state index contributed by atoms with van der Waals surface area (Å²) in [5.41, 5.74) is 5.27. The van der Waals surface area contributed by atoms with E-state index in [2.05, 4.69) is 13.8 Å². The minimum absolute atomic E-state index is 0.346. The quantitative estimate of drug-likeness (QED) is 0.455. The molecule has 0 saturated carbocycles. The van der Waals surface area contributed by atoms with Crippen molar-refractivity contribution in [3.63, 3.8) is 0 Å². The molecular formula is C8H18NO. The van der Waals surface area contributed by atoms with Crippen molar-refractivity contribution in [2.24, 2.45) is 5.73 Å². The Morgan fingerprint density at radius 2 is 2.10 bits per heavy atom. The van der Waals surface area contributed by atoms with Gasteiger partial charge in [0.1, 0.15) is 6.23 Å². The van der Waals surface area contributed by atoms with Gasteiger partial charge in [-0.3, -0.25) is 0 Å². The van der Waals surface area contributed by atoms with Gasteiger partial charge in [0.05, 0.1) is 0 Å². The Morgan fingerprint density at radius 3 is 2.60 bits per heavy atom. The largest absolute Gasteiger partial charge is 0.364 e. The van der Waals surface area contributed by atoms with Gasteiger partial charge < -0.3 is 10.5 Å². The molecule has 0 saturated heterocycles. The Morgan fingerprint density at radius 1 is 1.40 bits per heavy atom. The van der Waals surface area contributed by atoms with E-state index in [9.17, 15) is 0 Å². The van der Waals surface area contributed by atoms with Crippen LogP contribution in [0.3, 0.4) is 0 Å². The van der Waals surface area contributed by atoms with Crippen LogP contribution >= 0.6 is 0 Å². The molecule has 1 radical (unpaired) electrons. The molecular weight excluding hydrogens is 126 g/mol. The minimum Gasteiger partial charge on any atom is -0.364 e. The highest BCUT2D eigenvalue weighted by Crippen LogP contribution is 1.98. The fourth-order valence-electron chi connectivity index (χ4n) is 0.764. The van der Waals surface area contributed by atoms with E-state index < -0.39 is 0 Å². The van der Waals surface area contributed by atoms with Gasteiger partial charge in [-0.2, -0.15) is 0 Å². The molecule has 1 unspecified atom stereocenters. The zero-order valence-electron chi connectivity index (χ0n) is 6.81. The second-order valence-electron chi connectivity index (χ2n) is 2.47. The second-order valence-corrected chi connectivity index (χ2v) is 2.47. The van der Waals surface area contributed by atoms with Gasteiger partial charge in [-0.25, -0.2) is 0 Å². The van der Waals surface area contributed by atoms with Crippen LogP contribution in [-0.4, -0.2) is 12.8 Å². The monoisotopic (exact) mass is 144 g/mol. The molecule has 0 aromatic carbocycles. The number of hydrogen-bond acceptors (Lipinski definition) is 2. The van der Waals surface area contributed by atoms with Gasteiger partial charge in [-0.05, 0) is 13.3 Å². The van der Waals surface area contributed by atoms with Crippen LogP contribution < -0.4 is 5.73 Å². The summed E-state index contributed by atoms with van der Waals surface area (Å²) in [5, 5.41) is 0. The standard InChI is InChI=1S/C8H18NO/c1-3-4-5-6-7-10-8(2)9/h8H,2-7,9H2,1H3. The molecule has 10 heavy (non-hydrogen) atoms. The molecule has 61 valence electrons. The van der Waals surface area contributed by atoms with Crippen molar-refractivity contribution in [2.75, 3.05) is 6.61 Å². The lowest BCUT2D eigenvalue weighted by molar-refractivity contribution is 0.0845. The van der Waals surface area contributed by atoms with E-state index in [1.807, 2.05) is 0 Å². The summed E-state index contributed by atoms with van der Waals surface area (Å²) < 4.78 is 5.06. The average Bonchev–Trinajstić information content (AvgIpc) is 1.87. The van der Waals surface area contributed by atoms with E-state index >= 15 is 0 Å². The van der Waals surface area contributed by atoms with Crippen molar-refractivity contribution in [3.05, 3.63) is 6.92 Å². The first-order valence-corrected chi connectivity index (χ1v) is 3.97. The fourth-order valence-corrected chi connectivity index (χ4v) is 0.764. The van der Waals surface area contributed by atoms with Gasteiger partial charge in [0.25, 0.3) is 0 Å². The van der Waals surface area contributed by atoms with Gasteiger partial charge in [-0.15, -0.1) is 0 Å². The molecule has 2 N–H and O–H groups in total. The summed E-state index contributed by atoms with van der Waals surface area (Å²) >= 11 is 0. The van der Waals surface area contributed by atoms with E-state index in [4.69, 9.17) is 10.5 Å². The molecule has 2 nitrogen and oxygen atoms in total. The number of hydrogen-bond donors (Lipinski definition) is 1. The van der Waals surface area contributed by atoms with E-state index in [0.717, 1.165) is 13.0 Å². The Bertz CT molecular complexity index is 64.3. The Hall–Kier alpha value is -0.0800. The molecule has 0 aliphatic rings. The molecule has 0 aliphatic heterocycles. The van der Waals surface area contributed by atoms with Gasteiger partial charge in [-0.1, -0.05) is 26.2 Å². The van der Waals surface area contributed by atoms with Crippen molar-refractivity contribution in [2.45, 2.75) is 38.8 Å². The van der Waals surface area contributed by atoms with Crippen molar-refractivity contribution in [1.82, 2.24) is 0 Å². The lowest BCUT2D eigenvalue weighted by atomic mass is 10.2. The summed E-state index contributed by atoms with van der Waals surface area (Å²) in [5.74, 6) is 0. The van der Waals surface area contributed by atoms with Crippen LogP contribution in [-0.2, 0) is 4.74 Å². The molecule has 0 aliphatic carbocycles. The lowest BCUT2D eigenvalue weighted by Gasteiger charge is -2.05. The smallest absolute Gasteiger partial charge is 0.105 e. The normalized spacial score (nSPS) is 13.5. The minimum atomic E-state index is -0.346. The maximum Gasteiger partial charge on any atom is 0.105 e. The Balaban J connectivity index is 2.77. The first kappa shape index (κ1) is 9.92.